The average molecular weight is 421 g/mol. The summed E-state index contributed by atoms with van der Waals surface area (Å²) in [7, 11) is 0. The van der Waals surface area contributed by atoms with Gasteiger partial charge in [0.05, 0.1) is 22.3 Å². The third-order valence-corrected chi connectivity index (χ3v) is 6.86. The van der Waals surface area contributed by atoms with Gasteiger partial charge in [-0.1, -0.05) is 62.4 Å². The van der Waals surface area contributed by atoms with Crippen LogP contribution in [0.1, 0.15) is 43.5 Å². The first-order valence-electron chi connectivity index (χ1n) is 11.5. The van der Waals surface area contributed by atoms with E-state index in [0.29, 0.717) is 11.6 Å². The van der Waals surface area contributed by atoms with Gasteiger partial charge in [-0.25, -0.2) is 4.98 Å². The highest BCUT2D eigenvalue weighted by molar-refractivity contribution is 5.92. The Morgan fingerprint density at radius 2 is 1.78 bits per heavy atom. The van der Waals surface area contributed by atoms with Crippen molar-refractivity contribution in [2.24, 2.45) is 0 Å². The molecule has 160 valence electrons. The van der Waals surface area contributed by atoms with Crippen LogP contribution in [0, 0.1) is 18.3 Å². The molecule has 1 atom stereocenters. The molecule has 0 aliphatic heterocycles. The Labute approximate surface area is 189 Å². The summed E-state index contributed by atoms with van der Waals surface area (Å²) >= 11 is 0. The first-order chi connectivity index (χ1) is 15.7. The second kappa shape index (κ2) is 8.26. The number of benzene rings is 2. The van der Waals surface area contributed by atoms with Gasteiger partial charge in [0.2, 0.25) is 0 Å². The summed E-state index contributed by atoms with van der Waals surface area (Å²) in [6.45, 7) is 8.63. The van der Waals surface area contributed by atoms with Gasteiger partial charge >= 0.3 is 0 Å². The fraction of sp³-hybridized carbons (Fsp3) is 0.286. The Bertz CT molecular complexity index is 1370. The van der Waals surface area contributed by atoms with Crippen LogP contribution in [-0.4, -0.2) is 33.4 Å². The van der Waals surface area contributed by atoms with Crippen molar-refractivity contribution in [3.05, 3.63) is 77.5 Å². The Kier molecular flexibility index (Phi) is 5.28. The largest absolute Gasteiger partial charge is 0.297 e. The molecular weight excluding hydrogens is 392 g/mol. The number of fused-ring (bicyclic) bond motifs is 3. The maximum atomic E-state index is 10.1. The molecule has 0 N–H and O–H groups in total. The summed E-state index contributed by atoms with van der Waals surface area (Å²) in [4.78, 5) is 7.43. The highest BCUT2D eigenvalue weighted by Crippen LogP contribution is 2.41. The van der Waals surface area contributed by atoms with Crippen LogP contribution in [0.15, 0.2) is 60.7 Å². The van der Waals surface area contributed by atoms with Crippen LogP contribution < -0.4 is 0 Å². The predicted octanol–water partition coefficient (Wildman–Crippen LogP) is 6.22. The van der Waals surface area contributed by atoms with Crippen molar-refractivity contribution in [2.45, 2.75) is 39.7 Å². The summed E-state index contributed by atoms with van der Waals surface area (Å²) in [5.41, 5.74) is 9.21. The van der Waals surface area contributed by atoms with Gasteiger partial charge in [-0.15, -0.1) is 0 Å². The Morgan fingerprint density at radius 1 is 1.06 bits per heavy atom. The maximum Gasteiger partial charge on any atom is 0.156 e. The fourth-order valence-electron chi connectivity index (χ4n) is 5.28. The van der Waals surface area contributed by atoms with E-state index in [1.54, 1.807) is 0 Å². The van der Waals surface area contributed by atoms with Gasteiger partial charge in [0.15, 0.2) is 5.65 Å². The van der Waals surface area contributed by atoms with E-state index >= 15 is 0 Å². The number of nitriles is 1. The lowest BCUT2D eigenvalue weighted by molar-refractivity contribution is 0.252. The van der Waals surface area contributed by atoms with Crippen LogP contribution in [-0.2, 0) is 0 Å². The van der Waals surface area contributed by atoms with Gasteiger partial charge in [-0.05, 0) is 61.7 Å². The van der Waals surface area contributed by atoms with Gasteiger partial charge in [-0.2, -0.15) is 5.26 Å². The number of aromatic nitrogens is 2. The smallest absolute Gasteiger partial charge is 0.156 e. The van der Waals surface area contributed by atoms with Crippen LogP contribution in [0.5, 0.6) is 0 Å². The summed E-state index contributed by atoms with van der Waals surface area (Å²) < 4.78 is 2.24. The molecule has 0 saturated carbocycles. The molecule has 0 amide bonds. The number of hydrogen-bond acceptors (Lipinski definition) is 3. The molecule has 2 aromatic heterocycles. The van der Waals surface area contributed by atoms with E-state index in [1.807, 2.05) is 18.2 Å². The molecule has 32 heavy (non-hydrogen) atoms. The van der Waals surface area contributed by atoms with E-state index in [1.165, 1.54) is 11.3 Å². The molecule has 0 radical (unpaired) electrons. The zero-order valence-electron chi connectivity index (χ0n) is 19.0. The Morgan fingerprint density at radius 3 is 2.50 bits per heavy atom. The predicted molar refractivity (Wildman–Crippen MR) is 132 cm³/mol. The number of pyridine rings is 1. The van der Waals surface area contributed by atoms with Crippen LogP contribution in [0.3, 0.4) is 0 Å². The van der Waals surface area contributed by atoms with Crippen molar-refractivity contribution in [3.63, 3.8) is 0 Å². The van der Waals surface area contributed by atoms with Crippen molar-refractivity contribution in [3.8, 4) is 17.2 Å². The van der Waals surface area contributed by atoms with Crippen molar-refractivity contribution in [1.82, 2.24) is 14.3 Å². The standard InChI is InChI=1S/C28H28N4/c1-4-31(5-2)22-16-15-21(17-22)27-26(20-11-7-6-8-12-20)19(3)23(18-29)28-30-24-13-9-10-14-25(24)32(27)28/h6-14,17,22H,4-5,15-16H2,1-3H3. The summed E-state index contributed by atoms with van der Waals surface area (Å²) in [5, 5.41) is 10.1. The van der Waals surface area contributed by atoms with E-state index in [4.69, 9.17) is 4.98 Å². The summed E-state index contributed by atoms with van der Waals surface area (Å²) in [5.74, 6) is 0. The minimum Gasteiger partial charge on any atom is -0.297 e. The van der Waals surface area contributed by atoms with Crippen LogP contribution in [0.2, 0.25) is 0 Å². The highest BCUT2D eigenvalue weighted by atomic mass is 15.1. The molecule has 2 heterocycles. The third-order valence-electron chi connectivity index (χ3n) is 6.86. The molecule has 5 rings (SSSR count). The van der Waals surface area contributed by atoms with Crippen molar-refractivity contribution < 1.29 is 0 Å². The molecule has 4 aromatic rings. The molecular formula is C28H28N4. The minimum atomic E-state index is 0.449. The number of imidazole rings is 1. The van der Waals surface area contributed by atoms with Gasteiger partial charge < -0.3 is 0 Å². The third kappa shape index (κ3) is 3.13. The number of rotatable bonds is 5. The SMILES string of the molecule is CCN(CC)C1C=C(c2c(-c3ccccc3)c(C)c(C#N)c3nc4ccccc4n23)CC1. The first-order valence-corrected chi connectivity index (χ1v) is 11.5. The molecule has 4 heteroatoms. The van der Waals surface area contributed by atoms with Crippen LogP contribution in [0.4, 0.5) is 0 Å². The molecule has 0 spiro atoms. The molecule has 0 fully saturated rings. The van der Waals surface area contributed by atoms with E-state index in [9.17, 15) is 5.26 Å². The minimum absolute atomic E-state index is 0.449. The van der Waals surface area contributed by atoms with E-state index in [-0.39, 0.29) is 0 Å². The number of nitrogens with zero attached hydrogens (tertiary/aromatic N) is 4. The highest BCUT2D eigenvalue weighted by Gasteiger charge is 2.28. The van der Waals surface area contributed by atoms with E-state index < -0.39 is 0 Å². The van der Waals surface area contributed by atoms with Gasteiger partial charge in [0.25, 0.3) is 0 Å². The second-order valence-corrected chi connectivity index (χ2v) is 8.48. The zero-order chi connectivity index (χ0) is 22.2. The molecule has 1 aliphatic rings. The summed E-state index contributed by atoms with van der Waals surface area (Å²) in [6, 6.07) is 21.6. The molecule has 1 unspecified atom stereocenters. The lowest BCUT2D eigenvalue weighted by Crippen LogP contribution is -2.31. The Balaban J connectivity index is 1.90. The van der Waals surface area contributed by atoms with Crippen LogP contribution in [0.25, 0.3) is 33.4 Å². The molecule has 4 nitrogen and oxygen atoms in total. The number of hydrogen-bond donors (Lipinski definition) is 0. The molecule has 0 bridgehead atoms. The van der Waals surface area contributed by atoms with Crippen LogP contribution >= 0.6 is 0 Å². The molecule has 0 saturated heterocycles. The van der Waals surface area contributed by atoms with E-state index in [0.717, 1.165) is 59.3 Å². The van der Waals surface area contributed by atoms with Crippen molar-refractivity contribution in [2.75, 3.05) is 13.1 Å². The van der Waals surface area contributed by atoms with Crippen molar-refractivity contribution in [1.29, 1.82) is 5.26 Å². The van der Waals surface area contributed by atoms with Gasteiger partial charge in [0, 0.05) is 11.6 Å². The quantitative estimate of drug-likeness (QED) is 0.385. The zero-order valence-corrected chi connectivity index (χ0v) is 19.0. The first kappa shape index (κ1) is 20.5. The lowest BCUT2D eigenvalue weighted by Gasteiger charge is -2.24. The Hall–Kier alpha value is -3.42. The van der Waals surface area contributed by atoms with Crippen molar-refractivity contribution >= 4 is 22.3 Å². The maximum absolute atomic E-state index is 10.1. The number of likely N-dealkylation sites (N-methyl/N-ethyl adjacent to an activating group) is 1. The monoisotopic (exact) mass is 420 g/mol. The normalized spacial score (nSPS) is 16.1. The van der Waals surface area contributed by atoms with Gasteiger partial charge in [0.1, 0.15) is 6.07 Å². The topological polar surface area (TPSA) is 44.3 Å². The molecule has 1 aliphatic carbocycles. The van der Waals surface area contributed by atoms with Gasteiger partial charge in [-0.3, -0.25) is 9.30 Å². The lowest BCUT2D eigenvalue weighted by atomic mass is 9.92. The second-order valence-electron chi connectivity index (χ2n) is 8.48. The summed E-state index contributed by atoms with van der Waals surface area (Å²) in [6.07, 6.45) is 4.60. The number of para-hydroxylation sites is 2. The van der Waals surface area contributed by atoms with E-state index in [2.05, 4.69) is 78.6 Å². The average Bonchev–Trinajstić information content (AvgIpc) is 3.45. The number of allylic oxidation sites excluding steroid dienone is 1. The molecule has 2 aromatic carbocycles. The fourth-order valence-corrected chi connectivity index (χ4v) is 5.28.